The second-order valence-corrected chi connectivity index (χ2v) is 7.62. The maximum absolute atomic E-state index is 12.6. The molecule has 1 aliphatic heterocycles. The quantitative estimate of drug-likeness (QED) is 0.692. The molecule has 28 heavy (non-hydrogen) atoms. The van der Waals surface area contributed by atoms with Gasteiger partial charge in [0.2, 0.25) is 0 Å². The minimum absolute atomic E-state index is 0.0649. The third-order valence-corrected chi connectivity index (χ3v) is 5.85. The monoisotopic (exact) mass is 397 g/mol. The van der Waals surface area contributed by atoms with Gasteiger partial charge in [-0.05, 0) is 31.0 Å². The minimum Gasteiger partial charge on any atom is -0.378 e. The fraction of sp³-hybridized carbons (Fsp3) is 0.350. The zero-order valence-electron chi connectivity index (χ0n) is 15.8. The SMILES string of the molecule is Cc1nc(N2CCOCC2)sc1C(=O)NCCc1cnn(-c2ccccc2)c1. The van der Waals surface area contributed by atoms with E-state index >= 15 is 0 Å². The molecule has 1 saturated heterocycles. The summed E-state index contributed by atoms with van der Waals surface area (Å²) in [5.74, 6) is -0.0649. The lowest BCUT2D eigenvalue weighted by molar-refractivity contribution is 0.0957. The highest BCUT2D eigenvalue weighted by Gasteiger charge is 2.20. The van der Waals surface area contributed by atoms with Gasteiger partial charge in [-0.25, -0.2) is 9.67 Å². The van der Waals surface area contributed by atoms with E-state index in [-0.39, 0.29) is 5.91 Å². The van der Waals surface area contributed by atoms with Crippen molar-refractivity contribution in [3.63, 3.8) is 0 Å². The smallest absolute Gasteiger partial charge is 0.263 e. The molecule has 0 radical (unpaired) electrons. The van der Waals surface area contributed by atoms with Crippen molar-refractivity contribution < 1.29 is 9.53 Å². The largest absolute Gasteiger partial charge is 0.378 e. The Morgan fingerprint density at radius 1 is 1.25 bits per heavy atom. The Hall–Kier alpha value is -2.71. The number of thiazole rings is 1. The number of morpholine rings is 1. The van der Waals surface area contributed by atoms with Crippen molar-refractivity contribution in [2.45, 2.75) is 13.3 Å². The van der Waals surface area contributed by atoms with Crippen molar-refractivity contribution in [2.75, 3.05) is 37.7 Å². The van der Waals surface area contributed by atoms with Gasteiger partial charge in [-0.15, -0.1) is 0 Å². The molecule has 1 fully saturated rings. The predicted octanol–water partition coefficient (Wildman–Crippen LogP) is 2.45. The summed E-state index contributed by atoms with van der Waals surface area (Å²) in [7, 11) is 0. The molecular formula is C20H23N5O2S. The number of aromatic nitrogens is 3. The molecule has 1 aliphatic rings. The summed E-state index contributed by atoms with van der Waals surface area (Å²) >= 11 is 1.45. The van der Waals surface area contributed by atoms with E-state index in [2.05, 4.69) is 20.3 Å². The fourth-order valence-electron chi connectivity index (χ4n) is 3.09. The van der Waals surface area contributed by atoms with Crippen molar-refractivity contribution in [3.05, 3.63) is 58.9 Å². The van der Waals surface area contributed by atoms with Crippen molar-refractivity contribution in [1.82, 2.24) is 20.1 Å². The number of rotatable bonds is 6. The maximum Gasteiger partial charge on any atom is 0.263 e. The van der Waals surface area contributed by atoms with Gasteiger partial charge in [-0.1, -0.05) is 29.5 Å². The highest BCUT2D eigenvalue weighted by molar-refractivity contribution is 7.17. The summed E-state index contributed by atoms with van der Waals surface area (Å²) in [5.41, 5.74) is 2.88. The summed E-state index contributed by atoms with van der Waals surface area (Å²) < 4.78 is 7.23. The predicted molar refractivity (Wildman–Crippen MR) is 109 cm³/mol. The van der Waals surface area contributed by atoms with E-state index < -0.39 is 0 Å². The van der Waals surface area contributed by atoms with Gasteiger partial charge in [0, 0.05) is 25.8 Å². The van der Waals surface area contributed by atoms with Gasteiger partial charge in [-0.3, -0.25) is 4.79 Å². The summed E-state index contributed by atoms with van der Waals surface area (Å²) in [6, 6.07) is 9.97. The molecule has 0 atom stereocenters. The maximum atomic E-state index is 12.6. The molecule has 0 spiro atoms. The van der Waals surface area contributed by atoms with Crippen LogP contribution in [0.5, 0.6) is 0 Å². The van der Waals surface area contributed by atoms with Crippen LogP contribution in [0.4, 0.5) is 5.13 Å². The van der Waals surface area contributed by atoms with E-state index in [1.165, 1.54) is 11.3 Å². The molecule has 1 aromatic carbocycles. The van der Waals surface area contributed by atoms with Crippen LogP contribution in [0.15, 0.2) is 42.7 Å². The number of para-hydroxylation sites is 1. The lowest BCUT2D eigenvalue weighted by Gasteiger charge is -2.25. The van der Waals surface area contributed by atoms with Crippen molar-refractivity contribution >= 4 is 22.4 Å². The number of ether oxygens (including phenoxy) is 1. The van der Waals surface area contributed by atoms with Gasteiger partial charge in [0.15, 0.2) is 5.13 Å². The summed E-state index contributed by atoms with van der Waals surface area (Å²) in [6.07, 6.45) is 4.57. The Labute approximate surface area is 168 Å². The first kappa shape index (κ1) is 18.6. The second kappa shape index (κ2) is 8.53. The van der Waals surface area contributed by atoms with Crippen molar-refractivity contribution in [1.29, 1.82) is 0 Å². The van der Waals surface area contributed by atoms with Crippen LogP contribution in [0.3, 0.4) is 0 Å². The number of benzene rings is 1. The number of carbonyl (C=O) groups is 1. The van der Waals surface area contributed by atoms with E-state index in [0.29, 0.717) is 24.6 Å². The molecule has 8 heteroatoms. The zero-order chi connectivity index (χ0) is 19.3. The van der Waals surface area contributed by atoms with Crippen LogP contribution in [0.25, 0.3) is 5.69 Å². The van der Waals surface area contributed by atoms with E-state index in [9.17, 15) is 4.79 Å². The van der Waals surface area contributed by atoms with E-state index in [4.69, 9.17) is 4.74 Å². The third-order valence-electron chi connectivity index (χ3n) is 4.63. The average Bonchev–Trinajstić information content (AvgIpc) is 3.36. The lowest BCUT2D eigenvalue weighted by Crippen LogP contribution is -2.36. The molecule has 1 amide bonds. The molecule has 4 rings (SSSR count). The molecule has 3 heterocycles. The molecule has 0 bridgehead atoms. The van der Waals surface area contributed by atoms with Gasteiger partial charge in [-0.2, -0.15) is 5.10 Å². The molecule has 0 saturated carbocycles. The number of anilines is 1. The number of nitrogens with zero attached hydrogens (tertiary/aromatic N) is 4. The molecule has 3 aromatic rings. The summed E-state index contributed by atoms with van der Waals surface area (Å²) in [6.45, 7) is 5.50. The first-order valence-corrected chi connectivity index (χ1v) is 10.2. The Kier molecular flexibility index (Phi) is 5.68. The molecule has 1 N–H and O–H groups in total. The van der Waals surface area contributed by atoms with Crippen LogP contribution in [-0.4, -0.2) is 53.5 Å². The Bertz CT molecular complexity index is 931. The zero-order valence-corrected chi connectivity index (χ0v) is 16.6. The lowest BCUT2D eigenvalue weighted by atomic mass is 10.2. The Morgan fingerprint density at radius 3 is 2.82 bits per heavy atom. The number of hydrogen-bond acceptors (Lipinski definition) is 6. The molecule has 0 aliphatic carbocycles. The molecule has 146 valence electrons. The standard InChI is InChI=1S/C20H23N5O2S/c1-15-18(28-20(23-15)24-9-11-27-12-10-24)19(26)21-8-7-16-13-22-25(14-16)17-5-3-2-4-6-17/h2-6,13-14H,7-12H2,1H3,(H,21,26). The number of carbonyl (C=O) groups excluding carboxylic acids is 1. The number of amides is 1. The van der Waals surface area contributed by atoms with Crippen LogP contribution in [0.2, 0.25) is 0 Å². The number of aryl methyl sites for hydroxylation is 1. The highest BCUT2D eigenvalue weighted by Crippen LogP contribution is 2.26. The van der Waals surface area contributed by atoms with Gasteiger partial charge < -0.3 is 15.0 Å². The topological polar surface area (TPSA) is 72.3 Å². The molecule has 2 aromatic heterocycles. The minimum atomic E-state index is -0.0649. The van der Waals surface area contributed by atoms with Crippen LogP contribution in [-0.2, 0) is 11.2 Å². The van der Waals surface area contributed by atoms with Gasteiger partial charge in [0.25, 0.3) is 5.91 Å². The van der Waals surface area contributed by atoms with Gasteiger partial charge in [0.05, 0.1) is 30.8 Å². The first-order chi connectivity index (χ1) is 13.7. The molecular weight excluding hydrogens is 374 g/mol. The molecule has 0 unspecified atom stereocenters. The summed E-state index contributed by atoms with van der Waals surface area (Å²) in [4.78, 5) is 20.0. The highest BCUT2D eigenvalue weighted by atomic mass is 32.1. The summed E-state index contributed by atoms with van der Waals surface area (Å²) in [5, 5.41) is 8.29. The van der Waals surface area contributed by atoms with Crippen LogP contribution >= 0.6 is 11.3 Å². The fourth-order valence-corrected chi connectivity index (χ4v) is 4.13. The Morgan fingerprint density at radius 2 is 2.04 bits per heavy atom. The van der Waals surface area contributed by atoms with Gasteiger partial charge in [0.1, 0.15) is 4.88 Å². The van der Waals surface area contributed by atoms with Crippen molar-refractivity contribution in [3.8, 4) is 5.69 Å². The first-order valence-electron chi connectivity index (χ1n) is 9.38. The van der Waals surface area contributed by atoms with Crippen molar-refractivity contribution in [2.24, 2.45) is 0 Å². The second-order valence-electron chi connectivity index (χ2n) is 6.64. The van der Waals surface area contributed by atoms with Gasteiger partial charge >= 0.3 is 0 Å². The third kappa shape index (κ3) is 4.23. The normalized spacial score (nSPS) is 14.2. The van der Waals surface area contributed by atoms with Crippen LogP contribution in [0, 0.1) is 6.92 Å². The van der Waals surface area contributed by atoms with Crippen LogP contribution < -0.4 is 10.2 Å². The van der Waals surface area contributed by atoms with Crippen LogP contribution in [0.1, 0.15) is 20.9 Å². The van der Waals surface area contributed by atoms with E-state index in [1.807, 2.05) is 54.3 Å². The average molecular weight is 398 g/mol. The Balaban J connectivity index is 1.32. The molecule has 7 nitrogen and oxygen atoms in total. The van der Waals surface area contributed by atoms with E-state index in [0.717, 1.165) is 41.6 Å². The number of nitrogens with one attached hydrogen (secondary N) is 1. The van der Waals surface area contributed by atoms with E-state index in [1.54, 1.807) is 0 Å². The number of hydrogen-bond donors (Lipinski definition) is 1.